The van der Waals surface area contributed by atoms with Gasteiger partial charge in [-0.15, -0.1) is 0 Å². The highest BCUT2D eigenvalue weighted by Gasteiger charge is 2.27. The Morgan fingerprint density at radius 3 is 2.45 bits per heavy atom. The van der Waals surface area contributed by atoms with Gasteiger partial charge in [0, 0.05) is 0 Å². The van der Waals surface area contributed by atoms with Crippen molar-refractivity contribution in [2.75, 3.05) is 19.7 Å². The quantitative estimate of drug-likeness (QED) is 0.840. The Labute approximate surface area is 122 Å². The average molecular weight is 276 g/mol. The lowest BCUT2D eigenvalue weighted by Gasteiger charge is -2.34. The van der Waals surface area contributed by atoms with Gasteiger partial charge in [-0.25, -0.2) is 0 Å². The molecule has 1 aromatic carbocycles. The third kappa shape index (κ3) is 4.30. The average Bonchev–Trinajstić information content (AvgIpc) is 2.49. The maximum Gasteiger partial charge on any atom is 0.0663 e. The fourth-order valence-corrected chi connectivity index (χ4v) is 3.06. The normalized spacial score (nSPS) is 20.0. The highest BCUT2D eigenvalue weighted by Crippen LogP contribution is 2.25. The van der Waals surface area contributed by atoms with E-state index in [9.17, 15) is 0 Å². The monoisotopic (exact) mass is 276 g/mol. The van der Waals surface area contributed by atoms with Crippen molar-refractivity contribution in [2.45, 2.75) is 38.8 Å². The molecule has 0 amide bonds. The van der Waals surface area contributed by atoms with Crippen molar-refractivity contribution < 1.29 is 4.74 Å². The Morgan fingerprint density at radius 1 is 1.20 bits per heavy atom. The van der Waals surface area contributed by atoms with Crippen LogP contribution in [0.15, 0.2) is 30.3 Å². The maximum atomic E-state index is 6.24. The molecule has 1 unspecified atom stereocenters. The van der Waals surface area contributed by atoms with Crippen LogP contribution in [0.4, 0.5) is 0 Å². The number of piperidine rings is 1. The summed E-state index contributed by atoms with van der Waals surface area (Å²) in [6.07, 6.45) is 2.75. The Balaban J connectivity index is 1.88. The predicted molar refractivity (Wildman–Crippen MR) is 83.5 cm³/mol. The summed E-state index contributed by atoms with van der Waals surface area (Å²) in [5.74, 6) is 1.21. The van der Waals surface area contributed by atoms with Crippen LogP contribution in [0.2, 0.25) is 0 Å². The molecule has 1 aromatic rings. The van der Waals surface area contributed by atoms with E-state index < -0.39 is 0 Å². The van der Waals surface area contributed by atoms with E-state index in [0.29, 0.717) is 24.5 Å². The molecule has 0 bridgehead atoms. The number of rotatable bonds is 6. The standard InChI is InChI=1S/C17H28N2O/c1-13(2)17(15-8-10-19-11-9-15)20-12-16(18)14-6-4-3-5-7-14/h3-7,13,15-17,19H,8-12,18H2,1-2H3/t16?,17-/m1/s1. The first-order chi connectivity index (χ1) is 9.68. The summed E-state index contributed by atoms with van der Waals surface area (Å²) in [6, 6.07) is 10.2. The van der Waals surface area contributed by atoms with Gasteiger partial charge in [0.05, 0.1) is 18.8 Å². The van der Waals surface area contributed by atoms with Crippen LogP contribution >= 0.6 is 0 Å². The van der Waals surface area contributed by atoms with Crippen LogP contribution in [-0.4, -0.2) is 25.8 Å². The summed E-state index contributed by atoms with van der Waals surface area (Å²) in [6.45, 7) is 7.34. The van der Waals surface area contributed by atoms with Gasteiger partial charge in [0.1, 0.15) is 0 Å². The zero-order chi connectivity index (χ0) is 14.4. The number of benzene rings is 1. The van der Waals surface area contributed by atoms with Gasteiger partial charge in [-0.2, -0.15) is 0 Å². The molecule has 0 aromatic heterocycles. The largest absolute Gasteiger partial charge is 0.376 e. The van der Waals surface area contributed by atoms with Crippen LogP contribution in [0.3, 0.4) is 0 Å². The number of hydrogen-bond donors (Lipinski definition) is 2. The minimum Gasteiger partial charge on any atom is -0.376 e. The second kappa shape index (κ2) is 7.77. The molecule has 2 atom stereocenters. The second-order valence-corrected chi connectivity index (χ2v) is 6.15. The number of hydrogen-bond acceptors (Lipinski definition) is 3. The number of nitrogens with two attached hydrogens (primary N) is 1. The van der Waals surface area contributed by atoms with Crippen LogP contribution in [0.1, 0.15) is 38.3 Å². The van der Waals surface area contributed by atoms with Gasteiger partial charge in [0.25, 0.3) is 0 Å². The van der Waals surface area contributed by atoms with Gasteiger partial charge < -0.3 is 15.8 Å². The van der Waals surface area contributed by atoms with E-state index in [2.05, 4.69) is 31.3 Å². The van der Waals surface area contributed by atoms with Crippen molar-refractivity contribution >= 4 is 0 Å². The fraction of sp³-hybridized carbons (Fsp3) is 0.647. The molecule has 112 valence electrons. The van der Waals surface area contributed by atoms with Crippen molar-refractivity contribution in [2.24, 2.45) is 17.6 Å². The summed E-state index contributed by atoms with van der Waals surface area (Å²) in [5.41, 5.74) is 7.39. The maximum absolute atomic E-state index is 6.24. The molecule has 1 saturated heterocycles. The Morgan fingerprint density at radius 2 is 1.85 bits per heavy atom. The second-order valence-electron chi connectivity index (χ2n) is 6.15. The van der Waals surface area contributed by atoms with Gasteiger partial charge in [0.2, 0.25) is 0 Å². The molecular weight excluding hydrogens is 248 g/mol. The van der Waals surface area contributed by atoms with Crippen LogP contribution in [0, 0.1) is 11.8 Å². The lowest BCUT2D eigenvalue weighted by atomic mass is 9.86. The smallest absolute Gasteiger partial charge is 0.0663 e. The molecule has 3 nitrogen and oxygen atoms in total. The van der Waals surface area contributed by atoms with E-state index >= 15 is 0 Å². The van der Waals surface area contributed by atoms with Crippen molar-refractivity contribution in [1.29, 1.82) is 0 Å². The molecule has 1 aliphatic rings. The summed E-state index contributed by atoms with van der Waals surface area (Å²) in [4.78, 5) is 0. The van der Waals surface area contributed by atoms with E-state index in [-0.39, 0.29) is 6.04 Å². The van der Waals surface area contributed by atoms with Gasteiger partial charge in [-0.05, 0) is 43.3 Å². The molecule has 0 radical (unpaired) electrons. The third-order valence-corrected chi connectivity index (χ3v) is 4.20. The van der Waals surface area contributed by atoms with Gasteiger partial charge in [-0.3, -0.25) is 0 Å². The highest BCUT2D eigenvalue weighted by molar-refractivity contribution is 5.18. The topological polar surface area (TPSA) is 47.3 Å². The van der Waals surface area contributed by atoms with Crippen LogP contribution in [0.5, 0.6) is 0 Å². The first-order valence-corrected chi connectivity index (χ1v) is 7.81. The van der Waals surface area contributed by atoms with E-state index in [1.807, 2.05) is 18.2 Å². The summed E-state index contributed by atoms with van der Waals surface area (Å²) < 4.78 is 6.21. The molecule has 3 N–H and O–H groups in total. The summed E-state index contributed by atoms with van der Waals surface area (Å²) in [7, 11) is 0. The predicted octanol–water partition coefficient (Wildman–Crippen LogP) is 2.73. The molecular formula is C17H28N2O. The zero-order valence-electron chi connectivity index (χ0n) is 12.7. The van der Waals surface area contributed by atoms with E-state index in [4.69, 9.17) is 10.5 Å². The van der Waals surface area contributed by atoms with Gasteiger partial charge in [0.15, 0.2) is 0 Å². The Kier molecular flexibility index (Phi) is 6.02. The fourth-order valence-electron chi connectivity index (χ4n) is 3.06. The molecule has 1 fully saturated rings. The van der Waals surface area contributed by atoms with Crippen LogP contribution < -0.4 is 11.1 Å². The van der Waals surface area contributed by atoms with Crippen molar-refractivity contribution in [3.05, 3.63) is 35.9 Å². The first kappa shape index (κ1) is 15.5. The van der Waals surface area contributed by atoms with Crippen molar-refractivity contribution in [1.82, 2.24) is 5.32 Å². The van der Waals surface area contributed by atoms with Gasteiger partial charge in [-0.1, -0.05) is 44.2 Å². The molecule has 0 saturated carbocycles. The third-order valence-electron chi connectivity index (χ3n) is 4.20. The van der Waals surface area contributed by atoms with Crippen LogP contribution in [-0.2, 0) is 4.74 Å². The minimum absolute atomic E-state index is 0.0286. The Bertz CT molecular complexity index is 374. The number of ether oxygens (including phenoxy) is 1. The highest BCUT2D eigenvalue weighted by atomic mass is 16.5. The zero-order valence-corrected chi connectivity index (χ0v) is 12.7. The molecule has 0 aliphatic carbocycles. The number of nitrogens with one attached hydrogen (secondary N) is 1. The van der Waals surface area contributed by atoms with E-state index in [1.165, 1.54) is 12.8 Å². The van der Waals surface area contributed by atoms with Crippen molar-refractivity contribution in [3.8, 4) is 0 Å². The molecule has 3 heteroatoms. The van der Waals surface area contributed by atoms with Crippen LogP contribution in [0.25, 0.3) is 0 Å². The van der Waals surface area contributed by atoms with E-state index in [1.54, 1.807) is 0 Å². The molecule has 2 rings (SSSR count). The van der Waals surface area contributed by atoms with Gasteiger partial charge >= 0.3 is 0 Å². The van der Waals surface area contributed by atoms with Crippen molar-refractivity contribution in [3.63, 3.8) is 0 Å². The molecule has 1 aliphatic heterocycles. The SMILES string of the molecule is CC(C)[C@@H](OCC(N)c1ccccc1)C1CCNCC1. The lowest BCUT2D eigenvalue weighted by Crippen LogP contribution is -2.39. The molecule has 0 spiro atoms. The molecule has 1 heterocycles. The minimum atomic E-state index is -0.0286. The molecule has 20 heavy (non-hydrogen) atoms. The first-order valence-electron chi connectivity index (χ1n) is 7.81. The lowest BCUT2D eigenvalue weighted by molar-refractivity contribution is -0.0318. The van der Waals surface area contributed by atoms with E-state index in [0.717, 1.165) is 18.7 Å². The summed E-state index contributed by atoms with van der Waals surface area (Å²) >= 11 is 0. The Hall–Kier alpha value is -0.900. The summed E-state index contributed by atoms with van der Waals surface area (Å²) in [5, 5.41) is 3.42.